The van der Waals surface area contributed by atoms with Crippen LogP contribution < -0.4 is 0 Å². The van der Waals surface area contributed by atoms with Gasteiger partial charge in [0.05, 0.1) is 0 Å². The average Bonchev–Trinajstić information content (AvgIpc) is 2.58. The summed E-state index contributed by atoms with van der Waals surface area (Å²) in [4.78, 5) is 0. The number of hydrogen-bond acceptors (Lipinski definition) is 12. The van der Waals surface area contributed by atoms with Gasteiger partial charge in [-0.3, -0.25) is 25.3 Å². The van der Waals surface area contributed by atoms with Crippen molar-refractivity contribution >= 4 is 65.9 Å². The second kappa shape index (κ2) is 32.7. The molecule has 0 aliphatic heterocycles. The first-order chi connectivity index (χ1) is 14.9. The van der Waals surface area contributed by atoms with Gasteiger partial charge >= 0.3 is 34.7 Å². The van der Waals surface area contributed by atoms with Gasteiger partial charge in [-0.25, -0.2) is 0 Å². The van der Waals surface area contributed by atoms with Crippen LogP contribution in [0.3, 0.4) is 0 Å². The second-order valence-electron chi connectivity index (χ2n) is 7.17. The summed E-state index contributed by atoms with van der Waals surface area (Å²) >= 11 is 0. The van der Waals surface area contributed by atoms with Crippen LogP contribution in [0.15, 0.2) is 0 Å². The fraction of sp³-hybridized carbons (Fsp3) is 1.00. The Morgan fingerprint density at radius 3 is 0.514 bits per heavy atom. The van der Waals surface area contributed by atoms with Crippen LogP contribution in [0, 0.1) is 0 Å². The predicted octanol–water partition coefficient (Wildman–Crippen LogP) is 2.49. The fourth-order valence-corrected chi connectivity index (χ4v) is 2.62. The van der Waals surface area contributed by atoms with E-state index in [1.807, 2.05) is 0 Å². The summed E-state index contributed by atoms with van der Waals surface area (Å²) in [6.07, 6.45) is 23.4. The topological polar surface area (TPSA) is 241 Å². The van der Waals surface area contributed by atoms with E-state index in [0.717, 1.165) is 0 Å². The molecule has 0 radical (unpaired) electrons. The minimum atomic E-state index is -5.17. The van der Waals surface area contributed by atoms with Crippen LogP contribution >= 0.6 is 0 Å². The van der Waals surface area contributed by atoms with Crippen LogP contribution in [-0.2, 0) is 31.2 Å². The van der Waals surface area contributed by atoms with E-state index in [0.29, 0.717) is 0 Å². The standard InChI is InChI=1S/C18H38.2Al.3H2O4S/c1-3-5-7-9-11-13-15-17-18-16-14-12-10-8-6-4-2;;;3*1-5(2,3)4/h3-18H2,1-2H3;;;3*(H2,1,2,3,4)/q;2*+3;;;/p-6. The molecule has 0 aliphatic rings. The van der Waals surface area contributed by atoms with Gasteiger partial charge in [0, 0.05) is 31.2 Å². The van der Waals surface area contributed by atoms with Crippen molar-refractivity contribution in [2.75, 3.05) is 0 Å². The van der Waals surface area contributed by atoms with E-state index >= 15 is 0 Å². The molecule has 206 valence electrons. The average molecular weight is 597 g/mol. The smallest absolute Gasteiger partial charge is 0.759 e. The number of unbranched alkanes of at least 4 members (excludes halogenated alkanes) is 15. The molecule has 0 N–H and O–H groups in total. The second-order valence-corrected chi connectivity index (χ2v) is 9.62. The van der Waals surface area contributed by atoms with Crippen molar-refractivity contribution in [1.29, 1.82) is 0 Å². The summed E-state index contributed by atoms with van der Waals surface area (Å²) in [7, 11) is -15.5. The van der Waals surface area contributed by atoms with Gasteiger partial charge in [-0.2, -0.15) is 0 Å². The van der Waals surface area contributed by atoms with Crippen LogP contribution in [-0.4, -0.2) is 87.3 Å². The molecule has 0 heterocycles. The Balaban J connectivity index is -0.000000101. The van der Waals surface area contributed by atoms with E-state index in [-0.39, 0.29) is 34.7 Å². The van der Waals surface area contributed by atoms with Crippen molar-refractivity contribution in [2.45, 2.75) is 117 Å². The summed E-state index contributed by atoms with van der Waals surface area (Å²) < 4.78 is 102. The van der Waals surface area contributed by atoms with Gasteiger partial charge in [-0.1, -0.05) is 117 Å². The van der Waals surface area contributed by atoms with E-state index in [2.05, 4.69) is 13.8 Å². The minimum Gasteiger partial charge on any atom is -0.759 e. The fourth-order valence-electron chi connectivity index (χ4n) is 2.62. The quantitative estimate of drug-likeness (QED) is 0.115. The Kier molecular flexibility index (Phi) is 45.5. The molecule has 0 aromatic rings. The van der Waals surface area contributed by atoms with E-state index in [9.17, 15) is 0 Å². The molecule has 0 bridgehead atoms. The minimum absolute atomic E-state index is 0. The largest absolute Gasteiger partial charge is 3.00 e. The van der Waals surface area contributed by atoms with Crippen molar-refractivity contribution in [2.24, 2.45) is 0 Å². The molecule has 0 aromatic carbocycles. The maximum Gasteiger partial charge on any atom is 3.00 e. The molecule has 35 heavy (non-hydrogen) atoms. The molecule has 0 atom stereocenters. The summed E-state index contributed by atoms with van der Waals surface area (Å²) in [6, 6.07) is 0. The zero-order valence-corrected chi connectivity index (χ0v) is 25.4. The van der Waals surface area contributed by atoms with E-state index in [1.54, 1.807) is 0 Å². The molecule has 0 rings (SSSR count). The first kappa shape index (κ1) is 48.7. The predicted molar refractivity (Wildman–Crippen MR) is 128 cm³/mol. The zero-order valence-electron chi connectivity index (χ0n) is 20.6. The van der Waals surface area contributed by atoms with Crippen molar-refractivity contribution in [1.82, 2.24) is 0 Å². The van der Waals surface area contributed by atoms with E-state index < -0.39 is 31.2 Å². The van der Waals surface area contributed by atoms with Crippen LogP contribution in [0.2, 0.25) is 0 Å². The first-order valence-corrected chi connectivity index (χ1v) is 14.9. The monoisotopic (exact) mass is 596 g/mol. The van der Waals surface area contributed by atoms with Crippen LogP contribution in [0.4, 0.5) is 0 Å². The Morgan fingerprint density at radius 1 is 0.343 bits per heavy atom. The molecule has 17 heteroatoms. The summed E-state index contributed by atoms with van der Waals surface area (Å²) in [5.41, 5.74) is 0. The maximum absolute atomic E-state index is 8.52. The molecule has 0 amide bonds. The molecule has 0 saturated heterocycles. The van der Waals surface area contributed by atoms with Gasteiger partial charge in [0.1, 0.15) is 0 Å². The molecule has 0 aliphatic carbocycles. The maximum atomic E-state index is 8.52. The molecule has 0 spiro atoms. The van der Waals surface area contributed by atoms with Crippen molar-refractivity contribution in [3.63, 3.8) is 0 Å². The normalized spacial score (nSPS) is 10.6. The molecular weight excluding hydrogens is 558 g/mol. The number of rotatable bonds is 15. The van der Waals surface area contributed by atoms with E-state index in [1.165, 1.54) is 103 Å². The van der Waals surface area contributed by atoms with Gasteiger partial charge in [0.25, 0.3) is 0 Å². The molecule has 0 unspecified atom stereocenters. The summed E-state index contributed by atoms with van der Waals surface area (Å²) in [6.45, 7) is 4.59. The molecule has 0 aromatic heterocycles. The van der Waals surface area contributed by atoms with Crippen LogP contribution in [0.25, 0.3) is 0 Å². The Hall–Kier alpha value is 0.675. The number of hydrogen-bond donors (Lipinski definition) is 0. The molecular formula is C18H38Al2O12S3. The van der Waals surface area contributed by atoms with Crippen molar-refractivity contribution < 1.29 is 52.6 Å². The third-order valence-corrected chi connectivity index (χ3v) is 3.96. The Labute approximate surface area is 234 Å². The van der Waals surface area contributed by atoms with Gasteiger partial charge in [-0.05, 0) is 0 Å². The third-order valence-electron chi connectivity index (χ3n) is 3.96. The third kappa shape index (κ3) is 151. The Morgan fingerprint density at radius 2 is 0.429 bits per heavy atom. The Bertz CT molecular complexity index is 589. The van der Waals surface area contributed by atoms with Gasteiger partial charge < -0.3 is 27.3 Å². The summed E-state index contributed by atoms with van der Waals surface area (Å²) in [5.74, 6) is 0. The van der Waals surface area contributed by atoms with Crippen LogP contribution in [0.5, 0.6) is 0 Å². The first-order valence-electron chi connectivity index (χ1n) is 10.9. The van der Waals surface area contributed by atoms with Gasteiger partial charge in [0.2, 0.25) is 0 Å². The van der Waals surface area contributed by atoms with Gasteiger partial charge in [-0.15, -0.1) is 0 Å². The van der Waals surface area contributed by atoms with Crippen molar-refractivity contribution in [3.05, 3.63) is 0 Å². The molecule has 0 saturated carbocycles. The van der Waals surface area contributed by atoms with E-state index in [4.69, 9.17) is 52.6 Å². The zero-order chi connectivity index (χ0) is 26.8. The van der Waals surface area contributed by atoms with Gasteiger partial charge in [0.15, 0.2) is 0 Å². The SMILES string of the molecule is CCCCCCCCCCCCCCCCCC.O=S(=O)([O-])[O-].O=S(=O)([O-])[O-].O=S(=O)([O-])[O-].[Al+3].[Al+3]. The summed E-state index contributed by atoms with van der Waals surface area (Å²) in [5, 5.41) is 0. The molecule has 0 fully saturated rings. The molecule has 12 nitrogen and oxygen atoms in total. The van der Waals surface area contributed by atoms with Crippen molar-refractivity contribution in [3.8, 4) is 0 Å². The van der Waals surface area contributed by atoms with Crippen LogP contribution in [0.1, 0.15) is 117 Å².